The molecule has 0 nitrogen and oxygen atoms in total. The molecule has 0 fully saturated rings. The zero-order chi connectivity index (χ0) is 40.9. The molecule has 0 saturated heterocycles. The van der Waals surface area contributed by atoms with E-state index in [1.54, 1.807) is 0 Å². The molecule has 0 spiro atoms. The first kappa shape index (κ1) is 53.6. The van der Waals surface area contributed by atoms with Gasteiger partial charge in [0.1, 0.15) is 0 Å². The molecule has 0 N–H and O–H groups in total. The third kappa shape index (κ3) is 13.8. The third-order valence-electron chi connectivity index (χ3n) is 10.7. The van der Waals surface area contributed by atoms with Gasteiger partial charge in [-0.25, -0.2) is 0 Å². The summed E-state index contributed by atoms with van der Waals surface area (Å²) in [5, 5.41) is 5.51. The van der Waals surface area contributed by atoms with Gasteiger partial charge in [0.25, 0.3) is 0 Å². The van der Waals surface area contributed by atoms with Crippen LogP contribution in [-0.2, 0) is 60.3 Å². The maximum absolute atomic E-state index is 3.38. The number of benzene rings is 4. The molecule has 6 rings (SSSR count). The van der Waals surface area contributed by atoms with Gasteiger partial charge in [-0.05, 0) is 67.9 Å². The third-order valence-corrected chi connectivity index (χ3v) is 10.7. The van der Waals surface area contributed by atoms with E-state index in [4.69, 9.17) is 0 Å². The molecule has 0 heterocycles. The van der Waals surface area contributed by atoms with Crippen LogP contribution in [0.1, 0.15) is 150 Å². The monoisotopic (exact) mass is 984 g/mol. The van der Waals surface area contributed by atoms with Gasteiger partial charge >= 0.3 is 25.8 Å². The molecule has 6 aromatic rings. The van der Waals surface area contributed by atoms with Crippen LogP contribution >= 0.6 is 24.8 Å². The summed E-state index contributed by atoms with van der Waals surface area (Å²) in [4.78, 5) is 0. The molecule has 0 aliphatic heterocycles. The Morgan fingerprint density at radius 2 is 0.724 bits per heavy atom. The van der Waals surface area contributed by atoms with Gasteiger partial charge < -0.3 is 20.3 Å². The van der Waals surface area contributed by atoms with E-state index < -0.39 is 0 Å². The SMILES string of the molecule is CCCc1cc2c(-c3cc(C(C)(C)C)cc(C(C)(C)C)c3)cccc2[cH-]1.CCCc1cc2c(-c3cc(C(C)(C)C)cc(C(C)(C)C)c3)cccc2[cH-]1.Cl.Cl.[CH2-]C[CH2-].[Hf+4]. The van der Waals surface area contributed by atoms with E-state index in [0.29, 0.717) is 0 Å². The molecule has 58 heavy (non-hydrogen) atoms. The first-order chi connectivity index (χ1) is 25.6. The Labute approximate surface area is 386 Å². The van der Waals surface area contributed by atoms with Crippen LogP contribution in [0.15, 0.2) is 97.1 Å². The maximum Gasteiger partial charge on any atom is 4.00 e. The van der Waals surface area contributed by atoms with Gasteiger partial charge in [0, 0.05) is 0 Å². The molecule has 0 amide bonds. The van der Waals surface area contributed by atoms with E-state index in [2.05, 4.69) is 208 Å². The summed E-state index contributed by atoms with van der Waals surface area (Å²) in [5.41, 5.74) is 14.6. The first-order valence-electron chi connectivity index (χ1n) is 20.9. The van der Waals surface area contributed by atoms with E-state index in [9.17, 15) is 0 Å². The van der Waals surface area contributed by atoms with Gasteiger partial charge in [-0.3, -0.25) is 0 Å². The van der Waals surface area contributed by atoms with Crippen molar-refractivity contribution in [2.45, 2.75) is 151 Å². The van der Waals surface area contributed by atoms with Crippen molar-refractivity contribution in [1.29, 1.82) is 0 Å². The van der Waals surface area contributed by atoms with Crippen LogP contribution in [0.5, 0.6) is 0 Å². The smallest absolute Gasteiger partial charge is 0.372 e. The zero-order valence-electron chi connectivity index (χ0n) is 38.5. The van der Waals surface area contributed by atoms with Crippen molar-refractivity contribution in [3.63, 3.8) is 0 Å². The quantitative estimate of drug-likeness (QED) is 0.115. The minimum Gasteiger partial charge on any atom is -0.372 e. The largest absolute Gasteiger partial charge is 4.00 e. The minimum absolute atomic E-state index is 0. The predicted octanol–water partition coefficient (Wildman–Crippen LogP) is 17.4. The molecule has 0 unspecified atom stereocenters. The standard InChI is InChI=1S/2C26H33.C3H6.2ClH.Hf/c2*1-8-10-18-13-19-11-9-12-23(24(19)14-18)20-15-21(25(2,3)4)17-22(16-20)26(5,6)7;1-3-2;;;/h2*9,11-17H,8,10H2,1-7H3;1-3H2;2*1H;/q2*-1;-2;;;+4. The fourth-order valence-electron chi connectivity index (χ4n) is 7.26. The molecule has 6 aromatic carbocycles. The number of hydrogen-bond acceptors (Lipinski definition) is 0. The fraction of sp³-hybridized carbons (Fsp3) is 0.418. The summed E-state index contributed by atoms with van der Waals surface area (Å²) >= 11 is 0. The average molecular weight is 985 g/mol. The molecule has 312 valence electrons. The number of halogens is 2. The van der Waals surface area contributed by atoms with Crippen LogP contribution in [0.2, 0.25) is 0 Å². The van der Waals surface area contributed by atoms with E-state index >= 15 is 0 Å². The van der Waals surface area contributed by atoms with Crippen molar-refractivity contribution >= 4 is 46.4 Å². The summed E-state index contributed by atoms with van der Waals surface area (Å²) < 4.78 is 0. The van der Waals surface area contributed by atoms with Crippen LogP contribution in [-0.4, -0.2) is 0 Å². The van der Waals surface area contributed by atoms with Crippen molar-refractivity contribution in [1.82, 2.24) is 0 Å². The van der Waals surface area contributed by atoms with Crippen LogP contribution in [0.4, 0.5) is 0 Å². The molecule has 0 aliphatic rings. The second-order valence-corrected chi connectivity index (χ2v) is 19.8. The van der Waals surface area contributed by atoms with Crippen molar-refractivity contribution in [2.75, 3.05) is 0 Å². The predicted molar refractivity (Wildman–Crippen MR) is 263 cm³/mol. The second-order valence-electron chi connectivity index (χ2n) is 19.8. The summed E-state index contributed by atoms with van der Waals surface area (Å²) in [6, 6.07) is 37.4. The topological polar surface area (TPSA) is 0 Å². The van der Waals surface area contributed by atoms with Gasteiger partial charge in [0.2, 0.25) is 0 Å². The second kappa shape index (κ2) is 21.9. The Hall–Kier alpha value is -2.45. The van der Waals surface area contributed by atoms with E-state index in [1.807, 2.05) is 0 Å². The van der Waals surface area contributed by atoms with Gasteiger partial charge in [-0.15, -0.1) is 93.9 Å². The summed E-state index contributed by atoms with van der Waals surface area (Å²) in [7, 11) is 0. The van der Waals surface area contributed by atoms with Gasteiger partial charge in [-0.1, -0.05) is 169 Å². The van der Waals surface area contributed by atoms with Crippen molar-refractivity contribution in [3.8, 4) is 22.3 Å². The molecule has 0 saturated carbocycles. The zero-order valence-corrected chi connectivity index (χ0v) is 43.7. The van der Waals surface area contributed by atoms with Crippen LogP contribution in [0, 0.1) is 13.8 Å². The van der Waals surface area contributed by atoms with Crippen molar-refractivity contribution in [3.05, 3.63) is 144 Å². The molecule has 0 atom stereocenters. The number of fused-ring (bicyclic) bond motifs is 2. The Morgan fingerprint density at radius 3 is 0.966 bits per heavy atom. The van der Waals surface area contributed by atoms with E-state index in [1.165, 1.54) is 90.0 Å². The normalized spacial score (nSPS) is 11.7. The maximum atomic E-state index is 3.38. The van der Waals surface area contributed by atoms with Gasteiger partial charge in [-0.2, -0.15) is 12.1 Å². The molecule has 0 aromatic heterocycles. The van der Waals surface area contributed by atoms with Crippen LogP contribution in [0.3, 0.4) is 0 Å². The van der Waals surface area contributed by atoms with Gasteiger partial charge in [0.05, 0.1) is 0 Å². The number of aryl methyl sites for hydroxylation is 2. The molecule has 0 radical (unpaired) electrons. The first-order valence-corrected chi connectivity index (χ1v) is 20.9. The number of rotatable bonds is 6. The molecule has 0 bridgehead atoms. The summed E-state index contributed by atoms with van der Waals surface area (Å²) in [6.45, 7) is 38.9. The molecular formula is C55H74Cl2Hf. The van der Waals surface area contributed by atoms with Crippen molar-refractivity contribution in [2.24, 2.45) is 0 Å². The Balaban J connectivity index is 0.000000518. The fourth-order valence-corrected chi connectivity index (χ4v) is 7.26. The Morgan fingerprint density at radius 1 is 0.448 bits per heavy atom. The van der Waals surface area contributed by atoms with Crippen LogP contribution < -0.4 is 0 Å². The van der Waals surface area contributed by atoms with Crippen LogP contribution in [0.25, 0.3) is 43.8 Å². The van der Waals surface area contributed by atoms with Gasteiger partial charge in [0.15, 0.2) is 0 Å². The Kier molecular flexibility index (Phi) is 20.2. The van der Waals surface area contributed by atoms with E-state index in [0.717, 1.165) is 19.3 Å². The molecule has 3 heteroatoms. The Bertz CT molecular complexity index is 1940. The molecular weight excluding hydrogens is 910 g/mol. The van der Waals surface area contributed by atoms with Crippen molar-refractivity contribution < 1.29 is 25.8 Å². The number of hydrogen-bond donors (Lipinski definition) is 0. The van der Waals surface area contributed by atoms with E-state index in [-0.39, 0.29) is 72.3 Å². The summed E-state index contributed by atoms with van der Waals surface area (Å²) in [5.74, 6) is 0. The average Bonchev–Trinajstić information content (AvgIpc) is 3.70. The molecule has 0 aliphatic carbocycles. The minimum atomic E-state index is 0. The summed E-state index contributed by atoms with van der Waals surface area (Å²) in [6.07, 6.45) is 5.45.